The van der Waals surface area contributed by atoms with Gasteiger partial charge in [0.2, 0.25) is 0 Å². The minimum Gasteiger partial charge on any atom is -0.479 e. The number of carboxylic acid groups (broad SMARTS) is 1. The van der Waals surface area contributed by atoms with Crippen molar-refractivity contribution in [1.82, 2.24) is 4.90 Å². The van der Waals surface area contributed by atoms with E-state index in [1.165, 1.54) is 11.2 Å². The highest BCUT2D eigenvalue weighted by atomic mass is 16.5. The number of carbonyl (C=O) groups excluding carboxylic acids is 1. The monoisotopic (exact) mass is 301 g/mol. The predicted molar refractivity (Wildman–Crippen MR) is 78.1 cm³/mol. The molecular formula is C16H15NO5. The van der Waals surface area contributed by atoms with Gasteiger partial charge in [-0.15, -0.1) is 0 Å². The molecule has 2 heterocycles. The number of aliphatic carboxylic acids is 1. The first-order chi connectivity index (χ1) is 10.6. The van der Waals surface area contributed by atoms with Crippen molar-refractivity contribution in [2.24, 2.45) is 0 Å². The van der Waals surface area contributed by atoms with Crippen molar-refractivity contribution in [3.05, 3.63) is 47.7 Å². The highest BCUT2D eigenvalue weighted by Crippen LogP contribution is 2.25. The second-order valence-corrected chi connectivity index (χ2v) is 5.01. The molecule has 1 atom stereocenters. The van der Waals surface area contributed by atoms with Crippen molar-refractivity contribution in [2.45, 2.75) is 6.10 Å². The highest BCUT2D eigenvalue weighted by Gasteiger charge is 2.30. The number of para-hydroxylation sites is 1. The summed E-state index contributed by atoms with van der Waals surface area (Å²) in [5.74, 6) is -0.616. The van der Waals surface area contributed by atoms with Gasteiger partial charge >= 0.3 is 5.97 Å². The van der Waals surface area contributed by atoms with Gasteiger partial charge in [-0.3, -0.25) is 4.79 Å². The number of hydrogen-bond acceptors (Lipinski definition) is 4. The minimum atomic E-state index is -1.06. The lowest BCUT2D eigenvalue weighted by atomic mass is 10.1. The van der Waals surface area contributed by atoms with Gasteiger partial charge in [0.1, 0.15) is 5.75 Å². The second-order valence-electron chi connectivity index (χ2n) is 5.01. The van der Waals surface area contributed by atoms with Crippen molar-refractivity contribution in [3.63, 3.8) is 0 Å². The van der Waals surface area contributed by atoms with E-state index >= 15 is 0 Å². The van der Waals surface area contributed by atoms with Gasteiger partial charge < -0.3 is 19.5 Å². The summed E-state index contributed by atoms with van der Waals surface area (Å²) < 4.78 is 10.6. The third-order valence-corrected chi connectivity index (χ3v) is 3.55. The van der Waals surface area contributed by atoms with Crippen molar-refractivity contribution < 1.29 is 24.2 Å². The molecule has 0 aromatic heterocycles. The number of fused-ring (bicyclic) bond motifs is 1. The number of carbonyl (C=O) groups is 2. The number of morpholine rings is 1. The summed E-state index contributed by atoms with van der Waals surface area (Å²) in [5, 5.41) is 9.01. The molecule has 1 N–H and O–H groups in total. The van der Waals surface area contributed by atoms with Gasteiger partial charge in [0.25, 0.3) is 5.91 Å². The first kappa shape index (κ1) is 14.3. The van der Waals surface area contributed by atoms with Gasteiger partial charge in [0.15, 0.2) is 6.10 Å². The molecule has 1 fully saturated rings. The summed E-state index contributed by atoms with van der Waals surface area (Å²) >= 11 is 0. The highest BCUT2D eigenvalue weighted by molar-refractivity contribution is 6.01. The molecule has 3 rings (SSSR count). The van der Waals surface area contributed by atoms with E-state index in [0.29, 0.717) is 17.9 Å². The Labute approximate surface area is 127 Å². The van der Waals surface area contributed by atoms with Gasteiger partial charge in [0, 0.05) is 17.7 Å². The quantitative estimate of drug-likeness (QED) is 0.890. The van der Waals surface area contributed by atoms with E-state index in [0.717, 1.165) is 5.56 Å². The second kappa shape index (κ2) is 6.03. The Hall–Kier alpha value is -2.60. The molecule has 2 aliphatic heterocycles. The average molecular weight is 301 g/mol. The molecule has 114 valence electrons. The van der Waals surface area contributed by atoms with E-state index in [2.05, 4.69) is 0 Å². The SMILES string of the molecule is O=C(O)[C@H]1CN(C(=O)C2=Cc3ccccc3OC=C2)CCO1. The van der Waals surface area contributed by atoms with Crippen LogP contribution in [0.5, 0.6) is 5.75 Å². The Kier molecular flexibility index (Phi) is 3.93. The number of nitrogens with zero attached hydrogens (tertiary/aromatic N) is 1. The molecule has 0 aliphatic carbocycles. The molecule has 1 saturated heterocycles. The zero-order valence-electron chi connectivity index (χ0n) is 11.8. The zero-order valence-corrected chi connectivity index (χ0v) is 11.8. The van der Waals surface area contributed by atoms with Gasteiger partial charge in [-0.2, -0.15) is 0 Å². The molecule has 1 aromatic carbocycles. The van der Waals surface area contributed by atoms with E-state index in [9.17, 15) is 9.59 Å². The van der Waals surface area contributed by atoms with Crippen LogP contribution in [0, 0.1) is 0 Å². The molecule has 0 saturated carbocycles. The molecule has 1 aromatic rings. The number of rotatable bonds is 2. The molecular weight excluding hydrogens is 286 g/mol. The minimum absolute atomic E-state index is 0.0435. The Morgan fingerprint density at radius 3 is 2.91 bits per heavy atom. The van der Waals surface area contributed by atoms with Crippen molar-refractivity contribution in [2.75, 3.05) is 19.7 Å². The number of carboxylic acids is 1. The van der Waals surface area contributed by atoms with Crippen LogP contribution < -0.4 is 4.74 Å². The number of amides is 1. The smallest absolute Gasteiger partial charge is 0.334 e. The Morgan fingerprint density at radius 2 is 2.09 bits per heavy atom. The molecule has 1 amide bonds. The molecule has 0 radical (unpaired) electrons. The maximum absolute atomic E-state index is 12.6. The van der Waals surface area contributed by atoms with Crippen LogP contribution >= 0.6 is 0 Å². The zero-order chi connectivity index (χ0) is 15.5. The van der Waals surface area contributed by atoms with Gasteiger partial charge in [-0.05, 0) is 18.2 Å². The lowest BCUT2D eigenvalue weighted by Gasteiger charge is -2.31. The van der Waals surface area contributed by atoms with Gasteiger partial charge in [-0.1, -0.05) is 18.2 Å². The Morgan fingerprint density at radius 1 is 1.27 bits per heavy atom. The summed E-state index contributed by atoms with van der Waals surface area (Å²) in [7, 11) is 0. The maximum Gasteiger partial charge on any atom is 0.334 e. The average Bonchev–Trinajstić information content (AvgIpc) is 2.76. The molecule has 0 bridgehead atoms. The predicted octanol–water partition coefficient (Wildman–Crippen LogP) is 1.29. The number of hydrogen-bond donors (Lipinski definition) is 1. The molecule has 6 heteroatoms. The molecule has 6 nitrogen and oxygen atoms in total. The van der Waals surface area contributed by atoms with Crippen LogP contribution in [0.2, 0.25) is 0 Å². The van der Waals surface area contributed by atoms with Crippen molar-refractivity contribution >= 4 is 18.0 Å². The summed E-state index contributed by atoms with van der Waals surface area (Å²) in [5.41, 5.74) is 1.26. The summed E-state index contributed by atoms with van der Waals surface area (Å²) in [4.78, 5) is 25.1. The standard InChI is InChI=1S/C16H15NO5/c18-15(17-6-8-22-14(10-17)16(19)20)12-5-7-21-13-4-2-1-3-11(13)9-12/h1-5,7,9,14H,6,8,10H2,(H,19,20)/t14-/m1/s1. The number of benzene rings is 1. The van der Waals surface area contributed by atoms with E-state index in [1.807, 2.05) is 24.3 Å². The van der Waals surface area contributed by atoms with Crippen LogP contribution in [0.3, 0.4) is 0 Å². The van der Waals surface area contributed by atoms with Crippen LogP contribution in [0.4, 0.5) is 0 Å². The normalized spacial score (nSPS) is 20.5. The van der Waals surface area contributed by atoms with Crippen LogP contribution in [0.1, 0.15) is 5.56 Å². The fourth-order valence-corrected chi connectivity index (χ4v) is 2.40. The molecule has 22 heavy (non-hydrogen) atoms. The van der Waals surface area contributed by atoms with Crippen LogP contribution in [-0.4, -0.2) is 47.7 Å². The summed E-state index contributed by atoms with van der Waals surface area (Å²) in [6, 6.07) is 7.39. The van der Waals surface area contributed by atoms with E-state index in [-0.39, 0.29) is 19.1 Å². The third-order valence-electron chi connectivity index (χ3n) is 3.55. The summed E-state index contributed by atoms with van der Waals surface area (Å²) in [6.07, 6.45) is 3.82. The van der Waals surface area contributed by atoms with Crippen LogP contribution in [-0.2, 0) is 14.3 Å². The lowest BCUT2D eigenvalue weighted by molar-refractivity contribution is -0.158. The first-order valence-electron chi connectivity index (χ1n) is 6.93. The fraction of sp³-hybridized carbons (Fsp3) is 0.250. The maximum atomic E-state index is 12.6. The number of ether oxygens (including phenoxy) is 2. The van der Waals surface area contributed by atoms with Crippen LogP contribution in [0.15, 0.2) is 42.2 Å². The van der Waals surface area contributed by atoms with Gasteiger partial charge in [-0.25, -0.2) is 4.79 Å². The lowest BCUT2D eigenvalue weighted by Crippen LogP contribution is -2.48. The van der Waals surface area contributed by atoms with Crippen molar-refractivity contribution in [1.29, 1.82) is 0 Å². The molecule has 0 unspecified atom stereocenters. The topological polar surface area (TPSA) is 76.1 Å². The van der Waals surface area contributed by atoms with E-state index in [1.54, 1.807) is 12.2 Å². The van der Waals surface area contributed by atoms with Gasteiger partial charge in [0.05, 0.1) is 19.4 Å². The van der Waals surface area contributed by atoms with Crippen LogP contribution in [0.25, 0.3) is 6.08 Å². The Balaban J connectivity index is 1.83. The first-order valence-corrected chi connectivity index (χ1v) is 6.93. The fourth-order valence-electron chi connectivity index (χ4n) is 2.40. The van der Waals surface area contributed by atoms with Crippen molar-refractivity contribution in [3.8, 4) is 5.75 Å². The largest absolute Gasteiger partial charge is 0.479 e. The van der Waals surface area contributed by atoms with E-state index in [4.69, 9.17) is 14.6 Å². The van der Waals surface area contributed by atoms with E-state index < -0.39 is 12.1 Å². The molecule has 2 aliphatic rings. The Bertz CT molecular complexity index is 664. The third kappa shape index (κ3) is 2.87. The summed E-state index contributed by atoms with van der Waals surface area (Å²) in [6.45, 7) is 0.630. The molecule has 0 spiro atoms.